The Hall–Kier alpha value is -0.760. The van der Waals surface area contributed by atoms with Gasteiger partial charge in [-0.25, -0.2) is 4.57 Å². The number of phosphoric ester groups is 1. The lowest BCUT2D eigenvalue weighted by molar-refractivity contribution is -0.870. The summed E-state index contributed by atoms with van der Waals surface area (Å²) in [5, 5.41) is 13.5. The molecular formula is C31H64N2O6P+. The molecule has 0 rings (SSSR count). The zero-order valence-electron chi connectivity index (χ0n) is 26.6. The Labute approximate surface area is 246 Å². The first kappa shape index (κ1) is 39.2. The van der Waals surface area contributed by atoms with Crippen molar-refractivity contribution in [3.63, 3.8) is 0 Å². The number of amides is 1. The fraction of sp³-hybridized carbons (Fsp3) is 0.903. The first-order valence-corrected chi connectivity index (χ1v) is 17.6. The molecule has 0 spiro atoms. The molecule has 0 aromatic heterocycles. The van der Waals surface area contributed by atoms with Crippen LogP contribution in [0, 0.1) is 0 Å². The summed E-state index contributed by atoms with van der Waals surface area (Å²) < 4.78 is 23.2. The predicted molar refractivity (Wildman–Crippen MR) is 166 cm³/mol. The number of aliphatic hydroxyl groups is 1. The summed E-state index contributed by atoms with van der Waals surface area (Å²) in [6, 6.07) is -0.834. The molecule has 3 unspecified atom stereocenters. The van der Waals surface area contributed by atoms with Crippen molar-refractivity contribution in [2.24, 2.45) is 0 Å². The topological polar surface area (TPSA) is 105 Å². The van der Waals surface area contributed by atoms with Crippen molar-refractivity contribution in [2.45, 2.75) is 142 Å². The lowest BCUT2D eigenvalue weighted by Crippen LogP contribution is -2.45. The SMILES string of the molecule is CCCCC/C=C/C(O)C(COP(=O)(O)OCC[N+](C)(C)C)NC(=O)CCCCCCCCCCCCCCC. The fourth-order valence-electron chi connectivity index (χ4n) is 4.33. The summed E-state index contributed by atoms with van der Waals surface area (Å²) in [5.41, 5.74) is 0. The number of unbranched alkanes of at least 4 members (excludes halogenated alkanes) is 15. The number of quaternary nitrogens is 1. The number of hydrogen-bond acceptors (Lipinski definition) is 5. The van der Waals surface area contributed by atoms with E-state index in [1.807, 2.05) is 27.2 Å². The van der Waals surface area contributed by atoms with Crippen LogP contribution in [0.25, 0.3) is 0 Å². The van der Waals surface area contributed by atoms with Crippen LogP contribution in [-0.4, -0.2) is 73.4 Å². The van der Waals surface area contributed by atoms with Crippen LogP contribution in [-0.2, 0) is 18.4 Å². The Balaban J connectivity index is 4.43. The van der Waals surface area contributed by atoms with Crippen LogP contribution < -0.4 is 5.32 Å². The van der Waals surface area contributed by atoms with Gasteiger partial charge in [-0.1, -0.05) is 116 Å². The predicted octanol–water partition coefficient (Wildman–Crippen LogP) is 7.29. The maximum Gasteiger partial charge on any atom is 0.472 e. The Kier molecular flexibility index (Phi) is 24.3. The van der Waals surface area contributed by atoms with E-state index in [9.17, 15) is 19.4 Å². The summed E-state index contributed by atoms with van der Waals surface area (Å²) in [4.78, 5) is 22.7. The van der Waals surface area contributed by atoms with E-state index >= 15 is 0 Å². The molecule has 0 aliphatic carbocycles. The average Bonchev–Trinajstić information content (AvgIpc) is 2.88. The van der Waals surface area contributed by atoms with E-state index in [4.69, 9.17) is 9.05 Å². The van der Waals surface area contributed by atoms with Crippen LogP contribution in [0.2, 0.25) is 0 Å². The van der Waals surface area contributed by atoms with Crippen LogP contribution in [0.15, 0.2) is 12.2 Å². The molecular weight excluding hydrogens is 527 g/mol. The smallest absolute Gasteiger partial charge is 0.387 e. The molecule has 0 fully saturated rings. The second-order valence-corrected chi connectivity index (χ2v) is 13.6. The number of hydrogen-bond donors (Lipinski definition) is 3. The Morgan fingerprint density at radius 2 is 1.32 bits per heavy atom. The van der Waals surface area contributed by atoms with Crippen LogP contribution >= 0.6 is 7.82 Å². The zero-order chi connectivity index (χ0) is 30.1. The maximum absolute atomic E-state index is 12.6. The third kappa shape index (κ3) is 26.2. The highest BCUT2D eigenvalue weighted by Gasteiger charge is 2.27. The molecule has 0 heterocycles. The van der Waals surface area contributed by atoms with E-state index in [0.29, 0.717) is 17.4 Å². The molecule has 8 nitrogen and oxygen atoms in total. The van der Waals surface area contributed by atoms with Gasteiger partial charge >= 0.3 is 7.82 Å². The molecule has 0 saturated carbocycles. The molecule has 238 valence electrons. The van der Waals surface area contributed by atoms with E-state index in [1.165, 1.54) is 64.2 Å². The lowest BCUT2D eigenvalue weighted by Gasteiger charge is -2.25. The minimum Gasteiger partial charge on any atom is -0.387 e. The van der Waals surface area contributed by atoms with Crippen LogP contribution in [0.1, 0.15) is 129 Å². The summed E-state index contributed by atoms with van der Waals surface area (Å²) >= 11 is 0. The molecule has 0 aromatic rings. The van der Waals surface area contributed by atoms with Crippen molar-refractivity contribution < 1.29 is 32.9 Å². The van der Waals surface area contributed by atoms with Crippen molar-refractivity contribution in [3.8, 4) is 0 Å². The van der Waals surface area contributed by atoms with E-state index in [1.54, 1.807) is 6.08 Å². The van der Waals surface area contributed by atoms with Gasteiger partial charge in [-0.2, -0.15) is 0 Å². The second kappa shape index (κ2) is 24.8. The van der Waals surface area contributed by atoms with Gasteiger partial charge in [0.15, 0.2) is 0 Å². The molecule has 40 heavy (non-hydrogen) atoms. The van der Waals surface area contributed by atoms with E-state index < -0.39 is 20.0 Å². The Morgan fingerprint density at radius 1 is 0.825 bits per heavy atom. The Morgan fingerprint density at radius 3 is 1.85 bits per heavy atom. The van der Waals surface area contributed by atoms with Gasteiger partial charge < -0.3 is 19.8 Å². The van der Waals surface area contributed by atoms with Crippen LogP contribution in [0.4, 0.5) is 0 Å². The molecule has 3 atom stereocenters. The normalized spacial score (nSPS) is 15.3. The van der Waals surface area contributed by atoms with Gasteiger partial charge in [0, 0.05) is 6.42 Å². The van der Waals surface area contributed by atoms with Crippen molar-refractivity contribution >= 4 is 13.7 Å². The highest BCUT2D eigenvalue weighted by molar-refractivity contribution is 7.47. The number of nitrogens with one attached hydrogen (secondary N) is 1. The van der Waals surface area contributed by atoms with Gasteiger partial charge in [-0.15, -0.1) is 0 Å². The van der Waals surface area contributed by atoms with E-state index in [-0.39, 0.29) is 19.1 Å². The van der Waals surface area contributed by atoms with Crippen molar-refractivity contribution in [1.29, 1.82) is 0 Å². The number of allylic oxidation sites excluding steroid dienone is 1. The standard InChI is InChI=1S/C31H63N2O6P/c1-6-8-10-12-13-14-15-16-17-18-19-21-23-25-31(35)32-29(30(34)24-22-20-11-9-7-2)28-39-40(36,37)38-27-26-33(3,4)5/h22,24,29-30,34H,6-21,23,25-28H2,1-5H3,(H-,32,35,36,37)/p+1/b24-22+. The first-order chi connectivity index (χ1) is 19.0. The van der Waals surface area contributed by atoms with Gasteiger partial charge in [-0.05, 0) is 19.3 Å². The zero-order valence-corrected chi connectivity index (χ0v) is 27.5. The molecule has 1 amide bonds. The number of nitrogens with zero attached hydrogens (tertiary/aromatic N) is 1. The van der Waals surface area contributed by atoms with Gasteiger partial charge in [0.2, 0.25) is 5.91 Å². The monoisotopic (exact) mass is 591 g/mol. The molecule has 0 saturated heterocycles. The molecule has 0 aliphatic rings. The molecule has 0 bridgehead atoms. The first-order valence-electron chi connectivity index (χ1n) is 16.1. The molecule has 0 aliphatic heterocycles. The second-order valence-electron chi connectivity index (χ2n) is 12.2. The van der Waals surface area contributed by atoms with E-state index in [0.717, 1.165) is 44.9 Å². The quantitative estimate of drug-likeness (QED) is 0.0382. The highest BCUT2D eigenvalue weighted by atomic mass is 31.2. The number of aliphatic hydroxyl groups excluding tert-OH is 1. The van der Waals surface area contributed by atoms with Gasteiger partial charge in [-0.3, -0.25) is 13.8 Å². The summed E-state index contributed by atoms with van der Waals surface area (Å²) in [6.45, 7) is 4.67. The van der Waals surface area contributed by atoms with Crippen molar-refractivity contribution in [3.05, 3.63) is 12.2 Å². The number of rotatable bonds is 28. The summed E-state index contributed by atoms with van der Waals surface area (Å²) in [6.07, 6.45) is 23.1. The number of carbonyl (C=O) groups excluding carboxylic acids is 1. The van der Waals surface area contributed by atoms with Gasteiger partial charge in [0.25, 0.3) is 0 Å². The minimum atomic E-state index is -4.30. The number of likely N-dealkylation sites (N-methyl/N-ethyl adjacent to an activating group) is 1. The highest BCUT2D eigenvalue weighted by Crippen LogP contribution is 2.43. The summed E-state index contributed by atoms with van der Waals surface area (Å²) in [7, 11) is 1.57. The van der Waals surface area contributed by atoms with Gasteiger partial charge in [0.05, 0.1) is 39.9 Å². The summed E-state index contributed by atoms with van der Waals surface area (Å²) in [5.74, 6) is -0.186. The molecule has 0 radical (unpaired) electrons. The maximum atomic E-state index is 12.6. The molecule has 3 N–H and O–H groups in total. The van der Waals surface area contributed by atoms with Crippen LogP contribution in [0.5, 0.6) is 0 Å². The minimum absolute atomic E-state index is 0.0627. The number of carbonyl (C=O) groups is 1. The van der Waals surface area contributed by atoms with Gasteiger partial charge in [0.1, 0.15) is 13.2 Å². The third-order valence-corrected chi connectivity index (χ3v) is 7.99. The average molecular weight is 592 g/mol. The van der Waals surface area contributed by atoms with E-state index in [2.05, 4.69) is 19.2 Å². The fourth-order valence-corrected chi connectivity index (χ4v) is 5.07. The van der Waals surface area contributed by atoms with Crippen LogP contribution in [0.3, 0.4) is 0 Å². The number of phosphoric acid groups is 1. The van der Waals surface area contributed by atoms with Crippen molar-refractivity contribution in [2.75, 3.05) is 40.9 Å². The largest absolute Gasteiger partial charge is 0.472 e. The molecule has 0 aromatic carbocycles. The van der Waals surface area contributed by atoms with Crippen molar-refractivity contribution in [1.82, 2.24) is 5.32 Å². The molecule has 9 heteroatoms. The third-order valence-electron chi connectivity index (χ3n) is 7.01. The lowest BCUT2D eigenvalue weighted by atomic mass is 10.0. The Bertz CT molecular complexity index is 683.